The van der Waals surface area contributed by atoms with Gasteiger partial charge in [-0.05, 0) is 76.4 Å². The Morgan fingerprint density at radius 2 is 0.737 bits per heavy atom. The maximum atomic E-state index is 11.7. The smallest absolute Gasteiger partial charge is 0.459 e. The molecule has 0 rings (SSSR count). The molecule has 29 heteroatoms. The molecule has 0 aliphatic carbocycles. The average molecular weight is 1110 g/mol. The van der Waals surface area contributed by atoms with Crippen molar-refractivity contribution >= 4 is 54.7 Å². The summed E-state index contributed by atoms with van der Waals surface area (Å²) in [6.07, 6.45) is -6.14. The highest BCUT2D eigenvalue weighted by Gasteiger charge is 2.20. The number of isocyanates is 1. The van der Waals surface area contributed by atoms with Crippen molar-refractivity contribution < 1.29 is 119 Å². The second-order valence-corrected chi connectivity index (χ2v) is 15.5. The quantitative estimate of drug-likeness (QED) is 0.0332. The third-order valence-electron chi connectivity index (χ3n) is 7.26. The van der Waals surface area contributed by atoms with E-state index < -0.39 is 85.5 Å². The van der Waals surface area contributed by atoms with Crippen LogP contribution in [0.15, 0.2) is 4.99 Å². The zero-order valence-corrected chi connectivity index (χ0v) is 47.1. The fourth-order valence-corrected chi connectivity index (χ4v) is 4.10. The van der Waals surface area contributed by atoms with Gasteiger partial charge in [-0.2, -0.15) is 5.26 Å². The van der Waals surface area contributed by atoms with Gasteiger partial charge in [0.1, 0.15) is 75.3 Å². The number of alkyl carbamates (subject to hydrolysis) is 1. The molecule has 0 aliphatic rings. The van der Waals surface area contributed by atoms with Crippen LogP contribution in [0.5, 0.6) is 0 Å². The van der Waals surface area contributed by atoms with Crippen LogP contribution in [-0.4, -0.2) is 204 Å². The standard InChI is InChI=1S/C22H39NO12.C19H32O11.2C2H3NO.C2H7N/c1-8-19(24)32-16(4)12-30-21(26)34-15(3)10-28-9-14(2)29-11-18(6)35-22(27)31-13-17(5)33-20(25)23-7;1-7-17(21)28-15(5)11-26-19(23)30-13(3)9-24-8-12(2)29-18(22)25-10-14(4)27-16(6)20;1-4-2-3;1-3-2-4;1-3-2/h14-18H,8-13H2,1-7H3,(H,23,25);12-15H,7-11H2,1-6H3;2*1H3;3H,1-2H3. The van der Waals surface area contributed by atoms with Gasteiger partial charge in [0.15, 0.2) is 0 Å². The average Bonchev–Trinajstić information content (AvgIpc) is 3.35. The first-order valence-electron chi connectivity index (χ1n) is 23.8. The van der Waals surface area contributed by atoms with E-state index >= 15 is 0 Å². The lowest BCUT2D eigenvalue weighted by Gasteiger charge is -2.19. The first kappa shape index (κ1) is 78.2. The summed E-state index contributed by atoms with van der Waals surface area (Å²) < 4.78 is 79.4. The van der Waals surface area contributed by atoms with Crippen LogP contribution in [0.4, 0.5) is 24.0 Å². The number of rotatable bonds is 29. The van der Waals surface area contributed by atoms with Gasteiger partial charge >= 0.3 is 48.6 Å². The van der Waals surface area contributed by atoms with E-state index in [1.54, 1.807) is 76.2 Å². The maximum absolute atomic E-state index is 11.7. The zero-order valence-electron chi connectivity index (χ0n) is 47.1. The molecule has 0 radical (unpaired) electrons. The minimum absolute atomic E-state index is 0.0430. The molecule has 0 aromatic carbocycles. The molecule has 0 fully saturated rings. The van der Waals surface area contributed by atoms with Gasteiger partial charge < -0.3 is 86.4 Å². The van der Waals surface area contributed by atoms with Crippen LogP contribution in [0, 0.1) is 11.5 Å². The number of esters is 3. The number of nitriles is 1. The Balaban J connectivity index is -0.000000372. The van der Waals surface area contributed by atoms with Gasteiger partial charge in [-0.15, -0.1) is 0 Å². The minimum atomic E-state index is -0.920. The van der Waals surface area contributed by atoms with E-state index in [1.807, 2.05) is 14.1 Å². The van der Waals surface area contributed by atoms with Crippen molar-refractivity contribution in [3.05, 3.63) is 0 Å². The summed E-state index contributed by atoms with van der Waals surface area (Å²) in [5, 5.41) is 12.4. The van der Waals surface area contributed by atoms with Crippen LogP contribution in [0.1, 0.15) is 95.9 Å². The number of hydrogen-bond donors (Lipinski definition) is 2. The zero-order chi connectivity index (χ0) is 59.4. The summed E-state index contributed by atoms with van der Waals surface area (Å²) >= 11 is 0. The molecule has 0 aromatic heterocycles. The van der Waals surface area contributed by atoms with E-state index in [2.05, 4.69) is 20.4 Å². The van der Waals surface area contributed by atoms with Gasteiger partial charge in [0.05, 0.1) is 46.2 Å². The molecular weight excluding hydrogens is 1020 g/mol. The van der Waals surface area contributed by atoms with Gasteiger partial charge in [0.2, 0.25) is 6.08 Å². The molecule has 0 saturated carbocycles. The molecule has 9 atom stereocenters. The summed E-state index contributed by atoms with van der Waals surface area (Å²) in [7, 11) is 7.87. The van der Waals surface area contributed by atoms with Crippen LogP contribution in [-0.2, 0) is 95.0 Å². The highest BCUT2D eigenvalue weighted by atomic mass is 16.8. The molecule has 0 spiro atoms. The number of nitrogens with zero attached hydrogens (tertiary/aromatic N) is 2. The van der Waals surface area contributed by atoms with Crippen molar-refractivity contribution in [2.75, 3.05) is 94.8 Å². The molecule has 9 unspecified atom stereocenters. The van der Waals surface area contributed by atoms with Gasteiger partial charge in [-0.3, -0.25) is 14.4 Å². The summed E-state index contributed by atoms with van der Waals surface area (Å²) in [4.78, 5) is 102. The molecule has 76 heavy (non-hydrogen) atoms. The number of aliphatic imine (C=N–C) groups is 1. The fraction of sp³-hybridized carbons (Fsp3) is 0.787. The van der Waals surface area contributed by atoms with E-state index in [1.165, 1.54) is 40.5 Å². The van der Waals surface area contributed by atoms with E-state index in [0.29, 0.717) is 0 Å². The van der Waals surface area contributed by atoms with Crippen LogP contribution < -0.4 is 10.6 Å². The molecule has 2 N–H and O–H groups in total. The topological polar surface area (TPSA) is 362 Å². The SMILES string of the molecule is CCC(=O)OC(C)COC(=O)OC(C)COCC(C)OC(=O)OCC(C)OC(C)=O.CCC(=O)OC(C)COC(=O)OC(C)COCC(C)OCC(C)OC(=O)OCC(C)OC(=O)NC.CN=C=O.CNC.COC#N. The van der Waals surface area contributed by atoms with Gasteiger partial charge in [-0.1, -0.05) is 13.8 Å². The van der Waals surface area contributed by atoms with Crippen LogP contribution >= 0.6 is 0 Å². The van der Waals surface area contributed by atoms with Crippen molar-refractivity contribution in [3.8, 4) is 6.26 Å². The molecule has 442 valence electrons. The van der Waals surface area contributed by atoms with Crippen molar-refractivity contribution in [2.24, 2.45) is 4.99 Å². The lowest BCUT2D eigenvalue weighted by molar-refractivity contribution is -0.151. The van der Waals surface area contributed by atoms with E-state index in [4.69, 9.17) is 81.1 Å². The van der Waals surface area contributed by atoms with Crippen LogP contribution in [0.2, 0.25) is 0 Å². The highest BCUT2D eigenvalue weighted by molar-refractivity contribution is 5.69. The monoisotopic (exact) mass is 1100 g/mol. The Morgan fingerprint density at radius 3 is 1.00 bits per heavy atom. The molecule has 0 aromatic rings. The second kappa shape index (κ2) is 53.1. The maximum Gasteiger partial charge on any atom is 0.508 e. The first-order chi connectivity index (χ1) is 35.7. The van der Waals surface area contributed by atoms with E-state index in [0.717, 1.165) is 0 Å². The molecule has 0 bridgehead atoms. The number of ether oxygens (including phenoxy) is 16. The minimum Gasteiger partial charge on any atom is -0.459 e. The number of carbonyl (C=O) groups is 8. The predicted octanol–water partition coefficient (Wildman–Crippen LogP) is 4.86. The molecular formula is C47H84N4O25. The Labute approximate surface area is 445 Å². The second-order valence-electron chi connectivity index (χ2n) is 15.5. The van der Waals surface area contributed by atoms with Crippen LogP contribution in [0.25, 0.3) is 0 Å². The third kappa shape index (κ3) is 59.8. The normalized spacial score (nSPS) is 13.3. The molecule has 29 nitrogen and oxygen atoms in total. The third-order valence-corrected chi connectivity index (χ3v) is 7.26. The molecule has 0 aliphatic heterocycles. The van der Waals surface area contributed by atoms with E-state index in [9.17, 15) is 38.4 Å². The largest absolute Gasteiger partial charge is 0.508 e. The molecule has 1 amide bonds. The summed E-state index contributed by atoms with van der Waals surface area (Å²) in [5.41, 5.74) is 0. The van der Waals surface area contributed by atoms with Crippen molar-refractivity contribution in [1.29, 1.82) is 5.26 Å². The fourth-order valence-electron chi connectivity index (χ4n) is 4.10. The lowest BCUT2D eigenvalue weighted by Crippen LogP contribution is -2.30. The van der Waals surface area contributed by atoms with Gasteiger partial charge in [0.25, 0.3) is 6.26 Å². The first-order valence-corrected chi connectivity index (χ1v) is 23.8. The number of amides is 1. The Bertz CT molecular complexity index is 1660. The number of hydrogen-bond acceptors (Lipinski definition) is 28. The number of methoxy groups -OCH3 is 1. The molecule has 0 saturated heterocycles. The summed E-state index contributed by atoms with van der Waals surface area (Å²) in [6.45, 7) is 19.1. The summed E-state index contributed by atoms with van der Waals surface area (Å²) in [5.74, 6) is -1.25. The van der Waals surface area contributed by atoms with Crippen molar-refractivity contribution in [1.82, 2.24) is 10.6 Å². The lowest BCUT2D eigenvalue weighted by atomic mass is 10.4. The Hall–Kier alpha value is -6.73. The van der Waals surface area contributed by atoms with Crippen LogP contribution in [0.3, 0.4) is 0 Å². The number of carbonyl (C=O) groups excluding carboxylic acids is 9. The van der Waals surface area contributed by atoms with Crippen molar-refractivity contribution in [3.63, 3.8) is 0 Å². The molecule has 0 heterocycles. The van der Waals surface area contributed by atoms with Crippen molar-refractivity contribution in [2.45, 2.75) is 151 Å². The van der Waals surface area contributed by atoms with E-state index in [-0.39, 0.29) is 90.3 Å². The number of nitrogens with one attached hydrogen (secondary N) is 2. The predicted molar refractivity (Wildman–Crippen MR) is 264 cm³/mol. The highest BCUT2D eigenvalue weighted by Crippen LogP contribution is 2.06. The Morgan fingerprint density at radius 1 is 0.474 bits per heavy atom. The summed E-state index contributed by atoms with van der Waals surface area (Å²) in [6, 6.07) is 0. The van der Waals surface area contributed by atoms with Gasteiger partial charge in [0, 0.05) is 33.9 Å². The Kier molecular flexibility index (Phi) is 54.6. The van der Waals surface area contributed by atoms with Gasteiger partial charge in [-0.25, -0.2) is 33.8 Å².